The molecule has 128 valence electrons. The van der Waals surface area contributed by atoms with Crippen molar-refractivity contribution in [3.05, 3.63) is 17.0 Å². The molecule has 0 aromatic carbocycles. The van der Waals surface area contributed by atoms with Gasteiger partial charge in [-0.1, -0.05) is 0 Å². The van der Waals surface area contributed by atoms with Gasteiger partial charge in [0.05, 0.1) is 30.0 Å². The smallest absolute Gasteiger partial charge is 0.255 e. The highest BCUT2D eigenvalue weighted by atomic mass is 16.5. The highest BCUT2D eigenvalue weighted by molar-refractivity contribution is 5.96. The molecule has 1 amide bonds. The van der Waals surface area contributed by atoms with Crippen molar-refractivity contribution in [3.63, 3.8) is 0 Å². The predicted molar refractivity (Wildman–Crippen MR) is 86.5 cm³/mol. The lowest BCUT2D eigenvalue weighted by Gasteiger charge is -2.32. The monoisotopic (exact) mass is 321 g/mol. The maximum atomic E-state index is 12.7. The fourth-order valence-corrected chi connectivity index (χ4v) is 3.17. The Bertz CT molecular complexity index is 566. The number of aryl methyl sites for hydroxylation is 2. The molecule has 2 atom stereocenters. The van der Waals surface area contributed by atoms with Crippen molar-refractivity contribution in [2.45, 2.75) is 58.7 Å². The molecular weight excluding hydrogens is 294 g/mol. The Morgan fingerprint density at radius 2 is 2.17 bits per heavy atom. The van der Waals surface area contributed by atoms with Crippen molar-refractivity contribution in [1.82, 2.24) is 15.1 Å². The standard InChI is InChI=1S/C17H27N3O3/c1-4-20-12(3)16(11(2)19-20)17(21)18-14-10-22-8-7-15(14)23-9-13-5-6-13/h13-15H,4-10H2,1-3H3,(H,18,21)/t14-,15+/m1/s1. The second-order valence-corrected chi connectivity index (χ2v) is 6.62. The fraction of sp³-hybridized carbons (Fsp3) is 0.765. The zero-order valence-corrected chi connectivity index (χ0v) is 14.3. The molecule has 1 N–H and O–H groups in total. The first-order valence-corrected chi connectivity index (χ1v) is 8.64. The third-order valence-electron chi connectivity index (χ3n) is 4.76. The van der Waals surface area contributed by atoms with Gasteiger partial charge in [0.1, 0.15) is 0 Å². The summed E-state index contributed by atoms with van der Waals surface area (Å²) < 4.78 is 13.4. The SMILES string of the molecule is CCn1nc(C)c(C(=O)N[C@@H]2COCC[C@@H]2OCC2CC2)c1C. The van der Waals surface area contributed by atoms with Crippen LogP contribution in [0.5, 0.6) is 0 Å². The quantitative estimate of drug-likeness (QED) is 0.868. The molecule has 0 unspecified atom stereocenters. The molecular formula is C17H27N3O3. The third kappa shape index (κ3) is 3.75. The van der Waals surface area contributed by atoms with E-state index in [1.165, 1.54) is 12.8 Å². The molecule has 2 heterocycles. The molecule has 0 bridgehead atoms. The van der Waals surface area contributed by atoms with E-state index in [2.05, 4.69) is 10.4 Å². The third-order valence-corrected chi connectivity index (χ3v) is 4.76. The predicted octanol–water partition coefficient (Wildman–Crippen LogP) is 1.83. The summed E-state index contributed by atoms with van der Waals surface area (Å²) in [7, 11) is 0. The maximum absolute atomic E-state index is 12.7. The van der Waals surface area contributed by atoms with Gasteiger partial charge in [0.15, 0.2) is 0 Å². The molecule has 2 aliphatic rings. The molecule has 6 heteroatoms. The van der Waals surface area contributed by atoms with Crippen molar-refractivity contribution < 1.29 is 14.3 Å². The largest absolute Gasteiger partial charge is 0.379 e. The van der Waals surface area contributed by atoms with E-state index in [1.54, 1.807) is 0 Å². The van der Waals surface area contributed by atoms with E-state index in [-0.39, 0.29) is 18.1 Å². The number of carbonyl (C=O) groups is 1. The van der Waals surface area contributed by atoms with E-state index in [1.807, 2.05) is 25.5 Å². The summed E-state index contributed by atoms with van der Waals surface area (Å²) in [5.74, 6) is 0.650. The van der Waals surface area contributed by atoms with Crippen LogP contribution in [-0.4, -0.2) is 47.7 Å². The number of ether oxygens (including phenoxy) is 2. The van der Waals surface area contributed by atoms with Crippen LogP contribution in [0.25, 0.3) is 0 Å². The molecule has 23 heavy (non-hydrogen) atoms. The first-order valence-electron chi connectivity index (χ1n) is 8.64. The van der Waals surface area contributed by atoms with E-state index in [0.717, 1.165) is 36.9 Å². The van der Waals surface area contributed by atoms with Crippen LogP contribution in [0, 0.1) is 19.8 Å². The average Bonchev–Trinajstić information content (AvgIpc) is 3.31. The van der Waals surface area contributed by atoms with Crippen LogP contribution in [0.15, 0.2) is 0 Å². The van der Waals surface area contributed by atoms with Gasteiger partial charge >= 0.3 is 0 Å². The summed E-state index contributed by atoms with van der Waals surface area (Å²) >= 11 is 0. The van der Waals surface area contributed by atoms with Gasteiger partial charge in [-0.2, -0.15) is 5.10 Å². The van der Waals surface area contributed by atoms with E-state index in [4.69, 9.17) is 9.47 Å². The number of aromatic nitrogens is 2. The van der Waals surface area contributed by atoms with Gasteiger partial charge < -0.3 is 14.8 Å². The van der Waals surface area contributed by atoms with Crippen molar-refractivity contribution in [1.29, 1.82) is 0 Å². The van der Waals surface area contributed by atoms with Crippen molar-refractivity contribution in [3.8, 4) is 0 Å². The van der Waals surface area contributed by atoms with E-state index in [9.17, 15) is 4.79 Å². The molecule has 2 fully saturated rings. The summed E-state index contributed by atoms with van der Waals surface area (Å²) in [5, 5.41) is 7.53. The van der Waals surface area contributed by atoms with E-state index < -0.39 is 0 Å². The second kappa shape index (κ2) is 7.01. The number of rotatable bonds is 6. The maximum Gasteiger partial charge on any atom is 0.255 e. The van der Waals surface area contributed by atoms with Crippen LogP contribution in [0.1, 0.15) is 47.9 Å². The van der Waals surface area contributed by atoms with Crippen molar-refractivity contribution >= 4 is 5.91 Å². The lowest BCUT2D eigenvalue weighted by atomic mass is 10.1. The molecule has 1 aromatic rings. The van der Waals surface area contributed by atoms with E-state index >= 15 is 0 Å². The van der Waals surface area contributed by atoms with Crippen molar-refractivity contribution in [2.24, 2.45) is 5.92 Å². The van der Waals surface area contributed by atoms with Crippen LogP contribution in [0.2, 0.25) is 0 Å². The highest BCUT2D eigenvalue weighted by Gasteiger charge is 2.31. The zero-order valence-electron chi connectivity index (χ0n) is 14.3. The first-order chi connectivity index (χ1) is 11.1. The van der Waals surface area contributed by atoms with Gasteiger partial charge in [-0.15, -0.1) is 0 Å². The summed E-state index contributed by atoms with van der Waals surface area (Å²) in [5.41, 5.74) is 2.36. The molecule has 6 nitrogen and oxygen atoms in total. The fourth-order valence-electron chi connectivity index (χ4n) is 3.17. The Balaban J connectivity index is 1.66. The minimum atomic E-state index is -0.0845. The summed E-state index contributed by atoms with van der Waals surface area (Å²) in [6, 6.07) is -0.0845. The molecule has 0 radical (unpaired) electrons. The molecule has 1 saturated carbocycles. The van der Waals surface area contributed by atoms with Crippen LogP contribution in [-0.2, 0) is 16.0 Å². The number of nitrogens with zero attached hydrogens (tertiary/aromatic N) is 2. The van der Waals surface area contributed by atoms with Gasteiger partial charge in [0.2, 0.25) is 0 Å². The normalized spacial score (nSPS) is 24.7. The Morgan fingerprint density at radius 3 is 2.83 bits per heavy atom. The summed E-state index contributed by atoms with van der Waals surface area (Å²) in [4.78, 5) is 12.7. The Morgan fingerprint density at radius 1 is 1.39 bits per heavy atom. The molecule has 1 aliphatic carbocycles. The Kier molecular flexibility index (Phi) is 5.02. The number of amides is 1. The molecule has 1 aromatic heterocycles. The topological polar surface area (TPSA) is 65.4 Å². The van der Waals surface area contributed by atoms with Crippen LogP contribution in [0.3, 0.4) is 0 Å². The van der Waals surface area contributed by atoms with Gasteiger partial charge in [-0.25, -0.2) is 0 Å². The lowest BCUT2D eigenvalue weighted by molar-refractivity contribution is -0.0567. The number of hydrogen-bond donors (Lipinski definition) is 1. The molecule has 0 spiro atoms. The molecule has 1 aliphatic heterocycles. The second-order valence-electron chi connectivity index (χ2n) is 6.62. The number of nitrogens with one attached hydrogen (secondary N) is 1. The Labute approximate surface area is 137 Å². The van der Waals surface area contributed by atoms with Crippen LogP contribution in [0.4, 0.5) is 0 Å². The number of carbonyl (C=O) groups excluding carboxylic acids is 1. The highest BCUT2D eigenvalue weighted by Crippen LogP contribution is 2.30. The van der Waals surface area contributed by atoms with Gasteiger partial charge in [0.25, 0.3) is 5.91 Å². The van der Waals surface area contributed by atoms with E-state index in [0.29, 0.717) is 18.8 Å². The lowest BCUT2D eigenvalue weighted by Crippen LogP contribution is -2.50. The van der Waals surface area contributed by atoms with Crippen LogP contribution >= 0.6 is 0 Å². The first kappa shape index (κ1) is 16.5. The van der Waals surface area contributed by atoms with Gasteiger partial charge in [-0.3, -0.25) is 9.48 Å². The Hall–Kier alpha value is -1.40. The van der Waals surface area contributed by atoms with Gasteiger partial charge in [0, 0.05) is 25.5 Å². The summed E-state index contributed by atoms with van der Waals surface area (Å²) in [6.45, 7) is 8.64. The average molecular weight is 321 g/mol. The molecule has 1 saturated heterocycles. The minimum Gasteiger partial charge on any atom is -0.379 e. The van der Waals surface area contributed by atoms with Crippen LogP contribution < -0.4 is 5.32 Å². The zero-order chi connectivity index (χ0) is 16.4. The van der Waals surface area contributed by atoms with Crippen molar-refractivity contribution in [2.75, 3.05) is 19.8 Å². The minimum absolute atomic E-state index is 0.0510. The van der Waals surface area contributed by atoms with Gasteiger partial charge in [-0.05, 0) is 46.0 Å². The summed E-state index contributed by atoms with van der Waals surface area (Å²) in [6.07, 6.45) is 3.43. The number of hydrogen-bond acceptors (Lipinski definition) is 4. The molecule has 3 rings (SSSR count).